The fraction of sp³-hybridized carbons (Fsp3) is 0.500. The van der Waals surface area contributed by atoms with E-state index in [9.17, 15) is 20.0 Å². The zero-order valence-corrected chi connectivity index (χ0v) is 10.8. The fourth-order valence-corrected chi connectivity index (χ4v) is 1.65. The number of carbonyl (C=O) groups is 1. The van der Waals surface area contributed by atoms with Crippen LogP contribution in [0.25, 0.3) is 0 Å². The lowest BCUT2D eigenvalue weighted by molar-refractivity contribution is -0.390. The monoisotopic (exact) mass is 268 g/mol. The van der Waals surface area contributed by atoms with E-state index in [1.807, 2.05) is 0 Å². The quantitative estimate of drug-likeness (QED) is 0.473. The van der Waals surface area contributed by atoms with Gasteiger partial charge in [-0.3, -0.25) is 0 Å². The molecule has 0 saturated carbocycles. The number of aliphatic hydroxyl groups is 1. The first-order valence-electron chi connectivity index (χ1n) is 5.92. The summed E-state index contributed by atoms with van der Waals surface area (Å²) in [6.07, 6.45) is 1.18. The van der Waals surface area contributed by atoms with Crippen LogP contribution < -0.4 is 0 Å². The lowest BCUT2D eigenvalue weighted by atomic mass is 9.92. The van der Waals surface area contributed by atoms with Crippen molar-refractivity contribution in [2.45, 2.75) is 32.3 Å². The van der Waals surface area contributed by atoms with Crippen molar-refractivity contribution in [3.05, 3.63) is 34.0 Å². The van der Waals surface area contributed by atoms with Crippen LogP contribution in [-0.2, 0) is 16.0 Å². The van der Waals surface area contributed by atoms with E-state index >= 15 is 0 Å². The average molecular weight is 268 g/mol. The largest absolute Gasteiger partial charge is 0.464 e. The van der Waals surface area contributed by atoms with E-state index in [1.165, 1.54) is 18.3 Å². The molecule has 1 heterocycles. The molecule has 7 nitrogen and oxygen atoms in total. The Balaban J connectivity index is 3.05. The highest BCUT2D eigenvalue weighted by molar-refractivity contribution is 5.79. The Morgan fingerprint density at radius 1 is 1.58 bits per heavy atom. The number of nitro groups is 1. The second kappa shape index (κ2) is 6.24. The third kappa shape index (κ3) is 3.47. The molecule has 1 N–H and O–H groups in total. The van der Waals surface area contributed by atoms with Gasteiger partial charge in [0.15, 0.2) is 5.60 Å². The van der Waals surface area contributed by atoms with Gasteiger partial charge in [0.25, 0.3) is 0 Å². The van der Waals surface area contributed by atoms with E-state index in [-0.39, 0.29) is 30.8 Å². The van der Waals surface area contributed by atoms with Gasteiger partial charge in [-0.05, 0) is 35.4 Å². The van der Waals surface area contributed by atoms with Crippen molar-refractivity contribution in [2.24, 2.45) is 0 Å². The van der Waals surface area contributed by atoms with Gasteiger partial charge in [-0.2, -0.15) is 0 Å². The number of rotatable bonds is 6. The third-order valence-electron chi connectivity index (χ3n) is 2.76. The molecule has 0 bridgehead atoms. The van der Waals surface area contributed by atoms with Crippen LogP contribution in [0, 0.1) is 10.1 Å². The van der Waals surface area contributed by atoms with Crippen molar-refractivity contribution in [1.82, 2.24) is 4.98 Å². The van der Waals surface area contributed by atoms with E-state index in [2.05, 4.69) is 4.98 Å². The maximum atomic E-state index is 11.7. The zero-order valence-electron chi connectivity index (χ0n) is 10.8. The highest BCUT2D eigenvalue weighted by Gasteiger charge is 2.38. The van der Waals surface area contributed by atoms with Gasteiger partial charge in [-0.25, -0.2) is 4.79 Å². The van der Waals surface area contributed by atoms with Gasteiger partial charge in [0.05, 0.1) is 12.2 Å². The third-order valence-corrected chi connectivity index (χ3v) is 2.76. The van der Waals surface area contributed by atoms with E-state index in [0.29, 0.717) is 0 Å². The lowest BCUT2D eigenvalue weighted by Gasteiger charge is -2.23. The van der Waals surface area contributed by atoms with Crippen molar-refractivity contribution in [2.75, 3.05) is 6.61 Å². The Bertz CT molecular complexity index is 477. The van der Waals surface area contributed by atoms with Crippen LogP contribution in [0.5, 0.6) is 0 Å². The van der Waals surface area contributed by atoms with Crippen LogP contribution in [0.1, 0.15) is 25.8 Å². The van der Waals surface area contributed by atoms with E-state index in [4.69, 9.17) is 4.74 Å². The minimum atomic E-state index is -1.77. The van der Waals surface area contributed by atoms with Gasteiger partial charge in [-0.1, -0.05) is 6.92 Å². The molecule has 104 valence electrons. The molecule has 7 heteroatoms. The maximum Gasteiger partial charge on any atom is 0.366 e. The molecule has 0 radical (unpaired) electrons. The number of nitrogens with zero attached hydrogens (tertiary/aromatic N) is 2. The van der Waals surface area contributed by atoms with Crippen molar-refractivity contribution in [3.8, 4) is 0 Å². The van der Waals surface area contributed by atoms with Crippen LogP contribution in [0.2, 0.25) is 0 Å². The summed E-state index contributed by atoms with van der Waals surface area (Å²) in [6, 6.07) is 2.98. The summed E-state index contributed by atoms with van der Waals surface area (Å²) in [5.74, 6) is -1.14. The molecule has 0 saturated heterocycles. The summed E-state index contributed by atoms with van der Waals surface area (Å²) in [5, 5.41) is 21.1. The molecule has 19 heavy (non-hydrogen) atoms. The molecule has 1 unspecified atom stereocenters. The molecule has 0 spiro atoms. The van der Waals surface area contributed by atoms with Crippen molar-refractivity contribution in [1.29, 1.82) is 0 Å². The predicted molar refractivity (Wildman–Crippen MR) is 66.5 cm³/mol. The number of hydrogen-bond donors (Lipinski definition) is 1. The molecule has 0 aromatic carbocycles. The van der Waals surface area contributed by atoms with Gasteiger partial charge in [0, 0.05) is 6.42 Å². The SMILES string of the molecule is CCOC(=O)C(O)(CC)Cc1cccnc1[N+](=O)[O-]. The van der Waals surface area contributed by atoms with Gasteiger partial charge in [-0.15, -0.1) is 0 Å². The van der Waals surface area contributed by atoms with Crippen LogP contribution in [0.4, 0.5) is 5.82 Å². The molecular weight excluding hydrogens is 252 g/mol. The Morgan fingerprint density at radius 3 is 2.79 bits per heavy atom. The van der Waals surface area contributed by atoms with Crippen LogP contribution in [-0.4, -0.2) is 33.2 Å². The van der Waals surface area contributed by atoms with Crippen LogP contribution in [0.15, 0.2) is 18.3 Å². The standard InChI is InChI=1S/C12H16N2O5/c1-3-12(16,11(15)19-4-2)8-9-6-5-7-13-10(9)14(17)18/h5-7,16H,3-4,8H2,1-2H3. The number of carbonyl (C=O) groups excluding carboxylic acids is 1. The Labute approximate surface area is 110 Å². The molecule has 1 aromatic heterocycles. The molecule has 0 fully saturated rings. The summed E-state index contributed by atoms with van der Waals surface area (Å²) < 4.78 is 4.79. The second-order valence-corrected chi connectivity index (χ2v) is 4.03. The van der Waals surface area contributed by atoms with Gasteiger partial charge in [0.1, 0.15) is 6.20 Å². The van der Waals surface area contributed by atoms with Crippen molar-refractivity contribution >= 4 is 11.8 Å². The number of aromatic nitrogens is 1. The first kappa shape index (κ1) is 15.0. The molecule has 0 aliphatic carbocycles. The molecular formula is C12H16N2O5. The number of pyridine rings is 1. The van der Waals surface area contributed by atoms with Gasteiger partial charge < -0.3 is 20.0 Å². The summed E-state index contributed by atoms with van der Waals surface area (Å²) in [6.45, 7) is 3.37. The molecule has 1 aromatic rings. The fourth-order valence-electron chi connectivity index (χ4n) is 1.65. The molecule has 0 aliphatic rings. The van der Waals surface area contributed by atoms with E-state index in [1.54, 1.807) is 13.8 Å². The zero-order chi connectivity index (χ0) is 14.5. The smallest absolute Gasteiger partial charge is 0.366 e. The number of hydrogen-bond acceptors (Lipinski definition) is 6. The second-order valence-electron chi connectivity index (χ2n) is 4.03. The maximum absolute atomic E-state index is 11.7. The van der Waals surface area contributed by atoms with Crippen LogP contribution >= 0.6 is 0 Å². The minimum Gasteiger partial charge on any atom is -0.464 e. The van der Waals surface area contributed by atoms with Crippen molar-refractivity contribution in [3.63, 3.8) is 0 Å². The summed E-state index contributed by atoms with van der Waals surface area (Å²) >= 11 is 0. The van der Waals surface area contributed by atoms with E-state index < -0.39 is 16.5 Å². The average Bonchev–Trinajstić information content (AvgIpc) is 2.39. The molecule has 0 aliphatic heterocycles. The minimum absolute atomic E-state index is 0.0951. The first-order valence-corrected chi connectivity index (χ1v) is 5.92. The Kier molecular flexibility index (Phi) is 4.94. The Hall–Kier alpha value is -2.02. The van der Waals surface area contributed by atoms with Gasteiger partial charge >= 0.3 is 11.8 Å². The van der Waals surface area contributed by atoms with E-state index in [0.717, 1.165) is 0 Å². The first-order chi connectivity index (χ1) is 8.94. The lowest BCUT2D eigenvalue weighted by Crippen LogP contribution is -2.41. The summed E-state index contributed by atoms with van der Waals surface area (Å²) in [5.41, 5.74) is -1.58. The highest BCUT2D eigenvalue weighted by Crippen LogP contribution is 2.24. The van der Waals surface area contributed by atoms with Crippen LogP contribution in [0.3, 0.4) is 0 Å². The topological polar surface area (TPSA) is 103 Å². The predicted octanol–water partition coefficient (Wildman–Crippen LogP) is 1.24. The molecule has 0 amide bonds. The number of ether oxygens (including phenoxy) is 1. The number of esters is 1. The molecule has 1 atom stereocenters. The normalized spacial score (nSPS) is 13.6. The highest BCUT2D eigenvalue weighted by atomic mass is 16.6. The summed E-state index contributed by atoms with van der Waals surface area (Å²) in [4.78, 5) is 25.6. The molecule has 1 rings (SSSR count). The van der Waals surface area contributed by atoms with Gasteiger partial charge in [0.2, 0.25) is 0 Å². The van der Waals surface area contributed by atoms with Crippen molar-refractivity contribution < 1.29 is 19.6 Å². The Morgan fingerprint density at radius 2 is 2.26 bits per heavy atom. The summed E-state index contributed by atoms with van der Waals surface area (Å²) in [7, 11) is 0.